The average Bonchev–Trinajstić information content (AvgIpc) is 3.38. The van der Waals surface area contributed by atoms with Crippen LogP contribution in [0.4, 0.5) is 0 Å². The Labute approximate surface area is 319 Å². The normalized spacial score (nSPS) is 33.9. The van der Waals surface area contributed by atoms with Crippen LogP contribution in [0.15, 0.2) is 77.9 Å². The number of fused-ring (bicyclic) bond motifs is 4. The number of carbonyl (C=O) groups is 5. The molecule has 2 saturated carbocycles. The van der Waals surface area contributed by atoms with E-state index in [1.54, 1.807) is 38.1 Å². The molecule has 13 nitrogen and oxygen atoms in total. The van der Waals surface area contributed by atoms with Crippen LogP contribution in [0.5, 0.6) is 0 Å². The van der Waals surface area contributed by atoms with Crippen LogP contribution in [0, 0.1) is 16.7 Å². The van der Waals surface area contributed by atoms with Crippen molar-refractivity contribution < 1.29 is 62.6 Å². The minimum absolute atomic E-state index is 0.0414. The molecule has 1 saturated heterocycles. The third kappa shape index (κ3) is 6.76. The third-order valence-electron chi connectivity index (χ3n) is 12.0. The molecule has 6 rings (SSSR count). The van der Waals surface area contributed by atoms with Crippen molar-refractivity contribution in [2.45, 2.75) is 109 Å². The zero-order chi connectivity index (χ0) is 40.1. The van der Waals surface area contributed by atoms with Crippen LogP contribution in [-0.4, -0.2) is 94.5 Å². The molecule has 2 aromatic rings. The van der Waals surface area contributed by atoms with Gasteiger partial charge >= 0.3 is 29.8 Å². The van der Waals surface area contributed by atoms with E-state index in [0.717, 1.165) is 5.56 Å². The molecule has 4 aliphatic rings. The van der Waals surface area contributed by atoms with E-state index in [-0.39, 0.29) is 30.6 Å². The van der Waals surface area contributed by atoms with Crippen LogP contribution in [0.25, 0.3) is 6.08 Å². The standard InChI is InChI=1S/C42H48O13/c1-23-29(53-32(46)19-18-27-14-10-8-11-15-27)21-41(39(5,6)49)33(23)34(47)36(54-38(48)28-16-12-9-13-17-28)40(7)30(51-24(2)43)20-31-42(22-50-31,55-26(4)45)35(40)37(41)52-25(3)44/h8-19,29-31,34-37,47,49H,20-22H2,1-7H3/b19-18+/t29-,30-,31+,34+,35+,36-,37-,40+,41-,42-/m0/s1. The molecular weight excluding hydrogens is 712 g/mol. The van der Waals surface area contributed by atoms with E-state index < -0.39 is 94.4 Å². The van der Waals surface area contributed by atoms with Gasteiger partial charge in [-0.2, -0.15) is 0 Å². The first kappa shape index (κ1) is 39.8. The van der Waals surface area contributed by atoms with Gasteiger partial charge in [0, 0.05) is 39.7 Å². The molecule has 0 bridgehead atoms. The van der Waals surface area contributed by atoms with E-state index in [0.29, 0.717) is 5.57 Å². The van der Waals surface area contributed by atoms with Gasteiger partial charge in [0.05, 0.1) is 34.5 Å². The molecule has 1 heterocycles. The summed E-state index contributed by atoms with van der Waals surface area (Å²) in [4.78, 5) is 66.7. The summed E-state index contributed by atoms with van der Waals surface area (Å²) in [5.74, 6) is -4.98. The van der Waals surface area contributed by atoms with Gasteiger partial charge in [-0.3, -0.25) is 14.4 Å². The largest absolute Gasteiger partial charge is 0.462 e. The summed E-state index contributed by atoms with van der Waals surface area (Å²) >= 11 is 0. The lowest BCUT2D eigenvalue weighted by molar-refractivity contribution is -0.352. The van der Waals surface area contributed by atoms with Gasteiger partial charge < -0.3 is 38.6 Å². The van der Waals surface area contributed by atoms with Crippen LogP contribution in [0.3, 0.4) is 0 Å². The number of aliphatic hydroxyl groups excluding tert-OH is 1. The summed E-state index contributed by atoms with van der Waals surface area (Å²) in [7, 11) is 0. The monoisotopic (exact) mass is 760 g/mol. The van der Waals surface area contributed by atoms with Gasteiger partial charge in [0.1, 0.15) is 36.6 Å². The first-order valence-electron chi connectivity index (χ1n) is 18.3. The fourth-order valence-corrected chi connectivity index (χ4v) is 9.73. The van der Waals surface area contributed by atoms with Gasteiger partial charge in [-0.25, -0.2) is 9.59 Å². The van der Waals surface area contributed by atoms with Crippen molar-refractivity contribution in [2.24, 2.45) is 16.7 Å². The first-order valence-corrected chi connectivity index (χ1v) is 18.3. The summed E-state index contributed by atoms with van der Waals surface area (Å²) in [6.07, 6.45) is -5.40. The predicted octanol–water partition coefficient (Wildman–Crippen LogP) is 4.28. The Bertz CT molecular complexity index is 1900. The molecule has 13 heteroatoms. The number of benzene rings is 2. The van der Waals surface area contributed by atoms with E-state index in [1.807, 2.05) is 30.3 Å². The summed E-state index contributed by atoms with van der Waals surface area (Å²) in [6.45, 7) is 9.64. The minimum Gasteiger partial charge on any atom is -0.462 e. The van der Waals surface area contributed by atoms with Gasteiger partial charge in [-0.1, -0.05) is 55.5 Å². The van der Waals surface area contributed by atoms with Crippen molar-refractivity contribution >= 4 is 35.9 Å². The van der Waals surface area contributed by atoms with Crippen LogP contribution in [0.1, 0.15) is 77.2 Å². The molecule has 2 N–H and O–H groups in total. The SMILES string of the molecule is CC(=O)O[C@H]1C[C@H]2OC[C@@]2(OC(C)=O)[C@@H]2[C@H](OC(C)=O)[C@]3(C(C)(C)O)C[C@H](OC(=O)/C=C/c4ccccc4)C(C)=C3[C@@H](O)[C@H](OC(=O)c3ccccc3)[C@]12C. The van der Waals surface area contributed by atoms with Crippen molar-refractivity contribution in [1.82, 2.24) is 0 Å². The molecule has 2 aromatic carbocycles. The Morgan fingerprint density at radius 3 is 2.02 bits per heavy atom. The number of carbonyl (C=O) groups excluding carboxylic acids is 5. The third-order valence-corrected chi connectivity index (χ3v) is 12.0. The van der Waals surface area contributed by atoms with Gasteiger partial charge in [0.15, 0.2) is 5.60 Å². The van der Waals surface area contributed by atoms with E-state index in [4.69, 9.17) is 28.4 Å². The van der Waals surface area contributed by atoms with E-state index >= 15 is 0 Å². The predicted molar refractivity (Wildman–Crippen MR) is 195 cm³/mol. The molecule has 294 valence electrons. The Balaban J connectivity index is 1.62. The molecule has 0 spiro atoms. The molecule has 10 atom stereocenters. The lowest BCUT2D eigenvalue weighted by Gasteiger charge is -2.65. The molecule has 1 aliphatic heterocycles. The van der Waals surface area contributed by atoms with Crippen molar-refractivity contribution in [2.75, 3.05) is 6.61 Å². The second-order valence-electron chi connectivity index (χ2n) is 15.7. The summed E-state index contributed by atoms with van der Waals surface area (Å²) in [5, 5.41) is 25.4. The minimum atomic E-state index is -1.88. The van der Waals surface area contributed by atoms with Crippen molar-refractivity contribution in [1.29, 1.82) is 0 Å². The number of esters is 5. The Hall–Kier alpha value is -4.85. The fraction of sp³-hybridized carbons (Fsp3) is 0.500. The first-order chi connectivity index (χ1) is 25.9. The van der Waals surface area contributed by atoms with Crippen molar-refractivity contribution in [3.05, 3.63) is 89.0 Å². The second-order valence-corrected chi connectivity index (χ2v) is 15.7. The van der Waals surface area contributed by atoms with Gasteiger partial charge in [0.2, 0.25) is 0 Å². The number of hydrogen-bond donors (Lipinski definition) is 2. The quantitative estimate of drug-likeness (QED) is 0.160. The van der Waals surface area contributed by atoms with Crippen molar-refractivity contribution in [3.8, 4) is 0 Å². The topological polar surface area (TPSA) is 181 Å². The van der Waals surface area contributed by atoms with Crippen LogP contribution < -0.4 is 0 Å². The number of aliphatic hydroxyl groups is 2. The maximum atomic E-state index is 14.1. The Morgan fingerprint density at radius 2 is 1.47 bits per heavy atom. The van der Waals surface area contributed by atoms with Gasteiger partial charge in [-0.15, -0.1) is 0 Å². The van der Waals surface area contributed by atoms with E-state index in [9.17, 15) is 34.2 Å². The molecule has 0 unspecified atom stereocenters. The molecule has 0 amide bonds. The highest BCUT2D eigenvalue weighted by atomic mass is 16.6. The highest BCUT2D eigenvalue weighted by Gasteiger charge is 2.80. The smallest absolute Gasteiger partial charge is 0.338 e. The summed E-state index contributed by atoms with van der Waals surface area (Å²) < 4.78 is 36.9. The average molecular weight is 761 g/mol. The number of ether oxygens (including phenoxy) is 6. The second kappa shape index (κ2) is 14.7. The fourth-order valence-electron chi connectivity index (χ4n) is 9.73. The van der Waals surface area contributed by atoms with E-state index in [1.165, 1.54) is 52.8 Å². The van der Waals surface area contributed by atoms with Crippen LogP contribution >= 0.6 is 0 Å². The zero-order valence-electron chi connectivity index (χ0n) is 32.0. The highest BCUT2D eigenvalue weighted by Crippen LogP contribution is 2.68. The Kier molecular flexibility index (Phi) is 10.6. The molecule has 3 aliphatic carbocycles. The Morgan fingerprint density at radius 1 is 0.855 bits per heavy atom. The maximum absolute atomic E-state index is 14.1. The highest BCUT2D eigenvalue weighted by molar-refractivity contribution is 5.89. The number of rotatable bonds is 9. The van der Waals surface area contributed by atoms with Crippen molar-refractivity contribution in [3.63, 3.8) is 0 Å². The number of hydrogen-bond acceptors (Lipinski definition) is 13. The molecule has 0 aromatic heterocycles. The molecular formula is C42H48O13. The zero-order valence-corrected chi connectivity index (χ0v) is 32.0. The summed E-state index contributed by atoms with van der Waals surface area (Å²) in [5.41, 5.74) is -5.62. The summed E-state index contributed by atoms with van der Waals surface area (Å²) in [6, 6.07) is 17.2. The van der Waals surface area contributed by atoms with Crippen LogP contribution in [-0.2, 0) is 47.6 Å². The van der Waals surface area contributed by atoms with Gasteiger partial charge in [0.25, 0.3) is 0 Å². The van der Waals surface area contributed by atoms with Crippen LogP contribution in [0.2, 0.25) is 0 Å². The maximum Gasteiger partial charge on any atom is 0.338 e. The van der Waals surface area contributed by atoms with E-state index in [2.05, 4.69) is 0 Å². The molecule has 0 radical (unpaired) electrons. The lowest BCUT2D eigenvalue weighted by Crippen LogP contribution is -2.79. The molecule has 55 heavy (non-hydrogen) atoms. The lowest BCUT2D eigenvalue weighted by atomic mass is 9.49. The van der Waals surface area contributed by atoms with Gasteiger partial charge in [-0.05, 0) is 55.7 Å². The molecule has 3 fully saturated rings.